The zero-order valence-corrected chi connectivity index (χ0v) is 25.7. The number of hydrogen-bond donors (Lipinski definition) is 1. The van der Waals surface area contributed by atoms with Crippen molar-refractivity contribution in [1.29, 1.82) is 0 Å². The number of halogens is 1. The third-order valence-electron chi connectivity index (χ3n) is 7.59. The van der Waals surface area contributed by atoms with Crippen LogP contribution < -0.4 is 19.8 Å². The number of amides is 3. The minimum absolute atomic E-state index is 0.202. The number of nitrogens with one attached hydrogen (secondary N) is 1. The maximum absolute atomic E-state index is 14.0. The number of aromatic nitrogens is 1. The quantitative estimate of drug-likeness (QED) is 0.216. The van der Waals surface area contributed by atoms with Crippen molar-refractivity contribution >= 4 is 58.2 Å². The number of carbonyl (C=O) groups is 4. The highest BCUT2D eigenvalue weighted by Crippen LogP contribution is 2.53. The van der Waals surface area contributed by atoms with Crippen LogP contribution in [0.4, 0.5) is 15.8 Å². The molecule has 0 unspecified atom stereocenters. The number of thiazole rings is 1. The monoisotopic (exact) mass is 647 g/mol. The lowest BCUT2D eigenvalue weighted by Crippen LogP contribution is -2.33. The summed E-state index contributed by atoms with van der Waals surface area (Å²) in [5.41, 5.74) is 1.63. The molecule has 1 aromatic heterocycles. The standard InChI is InChI=1S/C32H26FN3O7S2/c1-3-43-31(40)18-6-12-21(13-7-18)36-28(38)25-24(17-4-8-19(33)9-5-17)27-30(44-26(25)29(36)39)35(32(41)45-27)16-23(37)34-20-10-14-22(42-2)15-11-20/h4-15,24-26H,3,16H2,1-2H3,(H,34,37)/t24-,25-,26+/m0/s1. The number of esters is 1. The van der Waals surface area contributed by atoms with Crippen LogP contribution >= 0.6 is 23.1 Å². The number of benzene rings is 3. The largest absolute Gasteiger partial charge is 0.497 e. The summed E-state index contributed by atoms with van der Waals surface area (Å²) in [7, 11) is 1.53. The maximum atomic E-state index is 14.0. The molecule has 0 radical (unpaired) electrons. The van der Waals surface area contributed by atoms with E-state index < -0.39 is 51.5 Å². The first-order valence-electron chi connectivity index (χ1n) is 13.9. The molecule has 3 aromatic carbocycles. The van der Waals surface area contributed by atoms with Gasteiger partial charge in [0.15, 0.2) is 0 Å². The number of rotatable bonds is 8. The Morgan fingerprint density at radius 2 is 1.62 bits per heavy atom. The first kappa shape index (κ1) is 30.3. The summed E-state index contributed by atoms with van der Waals surface area (Å²) in [6.07, 6.45) is 0. The van der Waals surface area contributed by atoms with Gasteiger partial charge in [-0.3, -0.25) is 23.7 Å². The molecule has 1 saturated heterocycles. The predicted molar refractivity (Wildman–Crippen MR) is 166 cm³/mol. The Balaban J connectivity index is 1.35. The van der Waals surface area contributed by atoms with Crippen molar-refractivity contribution in [3.63, 3.8) is 0 Å². The lowest BCUT2D eigenvalue weighted by molar-refractivity contribution is -0.122. The Kier molecular flexibility index (Phi) is 8.30. The van der Waals surface area contributed by atoms with E-state index in [4.69, 9.17) is 9.47 Å². The van der Waals surface area contributed by atoms with Crippen LogP contribution in [0.5, 0.6) is 5.75 Å². The van der Waals surface area contributed by atoms with Gasteiger partial charge < -0.3 is 14.8 Å². The number of hydrogen-bond acceptors (Lipinski definition) is 9. The van der Waals surface area contributed by atoms with E-state index >= 15 is 0 Å². The number of thioether (sulfide) groups is 1. The fourth-order valence-electron chi connectivity index (χ4n) is 5.52. The molecular formula is C32H26FN3O7S2. The van der Waals surface area contributed by atoms with Crippen LogP contribution in [0.15, 0.2) is 82.6 Å². The van der Waals surface area contributed by atoms with Crippen LogP contribution in [-0.4, -0.2) is 47.2 Å². The van der Waals surface area contributed by atoms with E-state index in [1.807, 2.05) is 0 Å². The van der Waals surface area contributed by atoms with Crippen molar-refractivity contribution in [3.8, 4) is 5.75 Å². The van der Waals surface area contributed by atoms with Crippen LogP contribution in [0, 0.1) is 11.7 Å². The molecule has 1 fully saturated rings. The van der Waals surface area contributed by atoms with Gasteiger partial charge in [-0.1, -0.05) is 35.2 Å². The highest BCUT2D eigenvalue weighted by molar-refractivity contribution is 8.00. The second kappa shape index (κ2) is 12.3. The van der Waals surface area contributed by atoms with Crippen LogP contribution in [0.3, 0.4) is 0 Å². The Bertz CT molecular complexity index is 1850. The summed E-state index contributed by atoms with van der Waals surface area (Å²) in [6.45, 7) is 1.57. The Labute approximate surface area is 264 Å². The second-order valence-electron chi connectivity index (χ2n) is 10.3. The van der Waals surface area contributed by atoms with Crippen LogP contribution in [0.25, 0.3) is 0 Å². The van der Waals surface area contributed by atoms with Crippen LogP contribution in [-0.2, 0) is 25.7 Å². The van der Waals surface area contributed by atoms with Crippen molar-refractivity contribution in [3.05, 3.63) is 104 Å². The molecule has 0 spiro atoms. The van der Waals surface area contributed by atoms with Gasteiger partial charge in [0, 0.05) is 16.5 Å². The average Bonchev–Trinajstić information content (AvgIpc) is 3.48. The summed E-state index contributed by atoms with van der Waals surface area (Å²) in [6, 6.07) is 18.3. The molecule has 2 aliphatic heterocycles. The predicted octanol–water partition coefficient (Wildman–Crippen LogP) is 4.67. The van der Waals surface area contributed by atoms with E-state index in [1.165, 1.54) is 60.2 Å². The highest BCUT2D eigenvalue weighted by atomic mass is 32.2. The lowest BCUT2D eigenvalue weighted by Gasteiger charge is -2.30. The van der Waals surface area contributed by atoms with Gasteiger partial charge in [-0.2, -0.15) is 0 Å². The van der Waals surface area contributed by atoms with Crippen molar-refractivity contribution < 1.29 is 33.0 Å². The summed E-state index contributed by atoms with van der Waals surface area (Å²) in [4.78, 5) is 67.6. The van der Waals surface area contributed by atoms with E-state index in [-0.39, 0.29) is 24.4 Å². The maximum Gasteiger partial charge on any atom is 0.338 e. The molecule has 1 N–H and O–H groups in total. The molecule has 0 saturated carbocycles. The van der Waals surface area contributed by atoms with Gasteiger partial charge >= 0.3 is 10.8 Å². The number of fused-ring (bicyclic) bond motifs is 2. The van der Waals surface area contributed by atoms with Gasteiger partial charge in [0.05, 0.1) is 35.9 Å². The third-order valence-corrected chi connectivity index (χ3v) is 10.2. The summed E-state index contributed by atoms with van der Waals surface area (Å²) in [5.74, 6) is -3.45. The molecule has 3 atom stereocenters. The van der Waals surface area contributed by atoms with Crippen molar-refractivity contribution in [2.75, 3.05) is 23.9 Å². The molecule has 45 heavy (non-hydrogen) atoms. The van der Waals surface area contributed by atoms with E-state index in [9.17, 15) is 28.4 Å². The number of methoxy groups -OCH3 is 1. The second-order valence-corrected chi connectivity index (χ2v) is 12.4. The van der Waals surface area contributed by atoms with Crippen LogP contribution in [0.1, 0.15) is 33.6 Å². The third kappa shape index (κ3) is 5.64. The van der Waals surface area contributed by atoms with Crippen molar-refractivity contribution in [1.82, 2.24) is 4.57 Å². The molecule has 13 heteroatoms. The Morgan fingerprint density at radius 1 is 0.933 bits per heavy atom. The molecule has 6 rings (SSSR count). The van der Waals surface area contributed by atoms with Crippen LogP contribution in [0.2, 0.25) is 0 Å². The average molecular weight is 648 g/mol. The Hall–Kier alpha value is -4.75. The summed E-state index contributed by atoms with van der Waals surface area (Å²) in [5, 5.41) is 2.25. The van der Waals surface area contributed by atoms with E-state index in [2.05, 4.69) is 5.32 Å². The smallest absolute Gasteiger partial charge is 0.338 e. The molecule has 10 nitrogen and oxygen atoms in total. The minimum atomic E-state index is -0.922. The number of imide groups is 1. The van der Waals surface area contributed by atoms with Gasteiger partial charge in [0.25, 0.3) is 0 Å². The number of carbonyl (C=O) groups excluding carboxylic acids is 4. The number of anilines is 2. The minimum Gasteiger partial charge on any atom is -0.497 e. The zero-order valence-electron chi connectivity index (χ0n) is 24.0. The Morgan fingerprint density at radius 3 is 2.27 bits per heavy atom. The molecular weight excluding hydrogens is 621 g/mol. The summed E-state index contributed by atoms with van der Waals surface area (Å²) >= 11 is 1.97. The molecule has 2 aliphatic rings. The van der Waals surface area contributed by atoms with Gasteiger partial charge in [-0.15, -0.1) is 0 Å². The van der Waals surface area contributed by atoms with Gasteiger partial charge in [-0.05, 0) is 73.2 Å². The summed E-state index contributed by atoms with van der Waals surface area (Å²) < 4.78 is 25.4. The fourth-order valence-corrected chi connectivity index (χ4v) is 8.29. The van der Waals surface area contributed by atoms with Gasteiger partial charge in [-0.25, -0.2) is 14.1 Å². The highest BCUT2D eigenvalue weighted by Gasteiger charge is 2.56. The zero-order chi connectivity index (χ0) is 31.8. The first-order valence-corrected chi connectivity index (χ1v) is 15.6. The van der Waals surface area contributed by atoms with Gasteiger partial charge in [0.1, 0.15) is 23.4 Å². The first-order chi connectivity index (χ1) is 21.7. The normalized spacial score (nSPS) is 18.7. The molecule has 3 amide bonds. The number of ether oxygens (including phenoxy) is 2. The topological polar surface area (TPSA) is 124 Å². The molecule has 4 aromatic rings. The fraction of sp³-hybridized carbons (Fsp3) is 0.219. The molecule has 0 aliphatic carbocycles. The van der Waals surface area contributed by atoms with Gasteiger partial charge in [0.2, 0.25) is 17.7 Å². The van der Waals surface area contributed by atoms with Crippen molar-refractivity contribution in [2.24, 2.45) is 5.92 Å². The van der Waals surface area contributed by atoms with E-state index in [0.717, 1.165) is 28.0 Å². The SMILES string of the molecule is CCOC(=O)c1ccc(N2C(=O)[C@H]3[C@H](c4ccc(F)cc4)c4sc(=O)n(CC(=O)Nc5ccc(OC)cc5)c4S[C@H]3C2=O)cc1. The van der Waals surface area contributed by atoms with E-state index in [1.54, 1.807) is 31.2 Å². The molecule has 3 heterocycles. The van der Waals surface area contributed by atoms with E-state index in [0.29, 0.717) is 26.9 Å². The number of nitrogens with zero attached hydrogens (tertiary/aromatic N) is 2. The van der Waals surface area contributed by atoms with Crippen molar-refractivity contribution in [2.45, 2.75) is 29.7 Å². The molecule has 230 valence electrons. The lowest BCUT2D eigenvalue weighted by atomic mass is 9.83. The molecule has 0 bridgehead atoms.